The third-order valence-electron chi connectivity index (χ3n) is 3.50. The number of aromatic nitrogens is 2. The van der Waals surface area contributed by atoms with Crippen molar-refractivity contribution in [2.75, 3.05) is 0 Å². The highest BCUT2D eigenvalue weighted by Crippen LogP contribution is 2.31. The van der Waals surface area contributed by atoms with E-state index in [4.69, 9.17) is 27.6 Å². The third kappa shape index (κ3) is 3.88. The van der Waals surface area contributed by atoms with Crippen LogP contribution in [0.3, 0.4) is 0 Å². The highest BCUT2D eigenvalue weighted by Gasteiger charge is 2.21. The summed E-state index contributed by atoms with van der Waals surface area (Å²) in [4.78, 5) is 20.3. The minimum atomic E-state index is -3.08. The number of nitrogens with zero attached hydrogens (tertiary/aromatic N) is 3. The second-order valence-corrected chi connectivity index (χ2v) is 6.07. The smallest absolute Gasteiger partial charge is 0.387 e. The van der Waals surface area contributed by atoms with Gasteiger partial charge < -0.3 is 14.4 Å². The maximum absolute atomic E-state index is 12.6. The van der Waals surface area contributed by atoms with Gasteiger partial charge in [-0.15, -0.1) is 0 Å². The van der Waals surface area contributed by atoms with Crippen LogP contribution in [0.25, 0.3) is 11.0 Å². The number of hydrogen-bond donors (Lipinski definition) is 1. The number of furan rings is 1. The van der Waals surface area contributed by atoms with Crippen LogP contribution >= 0.6 is 23.2 Å². The Morgan fingerprint density at radius 1 is 1.41 bits per heavy atom. The Bertz CT molecular complexity index is 1070. The SMILES string of the molecule is CCc1cc2c(C(=O)N=c3c(Cl)cn(O)cc3Cl)ncc(OC(F)F)c2o1. The molecule has 3 aromatic rings. The highest BCUT2D eigenvalue weighted by molar-refractivity contribution is 6.34. The topological polar surface area (TPSA) is 89.9 Å². The van der Waals surface area contributed by atoms with Crippen LogP contribution < -0.4 is 10.1 Å². The lowest BCUT2D eigenvalue weighted by molar-refractivity contribution is -0.0496. The van der Waals surface area contributed by atoms with Crippen molar-refractivity contribution >= 4 is 40.1 Å². The second-order valence-electron chi connectivity index (χ2n) is 5.26. The molecule has 0 saturated heterocycles. The molecule has 0 spiro atoms. The fourth-order valence-corrected chi connectivity index (χ4v) is 2.88. The first-order valence-electron chi connectivity index (χ1n) is 7.52. The van der Waals surface area contributed by atoms with Crippen LogP contribution in [0.4, 0.5) is 8.78 Å². The molecule has 11 heteroatoms. The zero-order valence-electron chi connectivity index (χ0n) is 13.6. The first-order valence-corrected chi connectivity index (χ1v) is 8.27. The average Bonchev–Trinajstić information content (AvgIpc) is 3.02. The lowest BCUT2D eigenvalue weighted by atomic mass is 10.2. The molecular formula is C16H11Cl2F2N3O4. The van der Waals surface area contributed by atoms with Gasteiger partial charge in [0.15, 0.2) is 11.3 Å². The fourth-order valence-electron chi connectivity index (χ4n) is 2.34. The van der Waals surface area contributed by atoms with Crippen LogP contribution in [-0.2, 0) is 6.42 Å². The quantitative estimate of drug-likeness (QED) is 0.645. The van der Waals surface area contributed by atoms with Gasteiger partial charge in [-0.25, -0.2) is 9.98 Å². The van der Waals surface area contributed by atoms with Gasteiger partial charge >= 0.3 is 6.61 Å². The van der Waals surface area contributed by atoms with E-state index < -0.39 is 12.5 Å². The van der Waals surface area contributed by atoms with E-state index >= 15 is 0 Å². The van der Waals surface area contributed by atoms with Gasteiger partial charge in [0, 0.05) is 6.42 Å². The number of halogens is 4. The van der Waals surface area contributed by atoms with Gasteiger partial charge in [-0.2, -0.15) is 13.5 Å². The van der Waals surface area contributed by atoms with Crippen molar-refractivity contribution in [2.24, 2.45) is 4.99 Å². The molecule has 0 fully saturated rings. The molecule has 0 radical (unpaired) electrons. The van der Waals surface area contributed by atoms with E-state index in [-0.39, 0.29) is 37.8 Å². The van der Waals surface area contributed by atoms with Crippen molar-refractivity contribution in [1.29, 1.82) is 0 Å². The first kappa shape index (κ1) is 19.1. The van der Waals surface area contributed by atoms with E-state index in [2.05, 4.69) is 14.7 Å². The Balaban J connectivity index is 2.16. The molecule has 7 nitrogen and oxygen atoms in total. The fraction of sp³-hybridized carbons (Fsp3) is 0.188. The zero-order valence-corrected chi connectivity index (χ0v) is 15.1. The maximum atomic E-state index is 12.6. The van der Waals surface area contributed by atoms with Crippen LogP contribution in [0.5, 0.6) is 5.75 Å². The number of rotatable bonds is 4. The van der Waals surface area contributed by atoms with Gasteiger partial charge in [-0.3, -0.25) is 4.79 Å². The predicted molar refractivity (Wildman–Crippen MR) is 91.5 cm³/mol. The molecule has 27 heavy (non-hydrogen) atoms. The molecule has 3 rings (SSSR count). The van der Waals surface area contributed by atoms with Gasteiger partial charge in [-0.1, -0.05) is 30.1 Å². The summed E-state index contributed by atoms with van der Waals surface area (Å²) < 4.78 is 35.6. The molecule has 0 aliphatic carbocycles. The normalized spacial score (nSPS) is 11.2. The summed E-state index contributed by atoms with van der Waals surface area (Å²) in [6.07, 6.45) is 3.60. The molecule has 0 bridgehead atoms. The largest absolute Gasteiger partial charge is 0.457 e. The molecule has 0 atom stereocenters. The van der Waals surface area contributed by atoms with E-state index in [1.807, 2.05) is 0 Å². The van der Waals surface area contributed by atoms with Crippen molar-refractivity contribution < 1.29 is 27.9 Å². The molecule has 3 aromatic heterocycles. The third-order valence-corrected chi connectivity index (χ3v) is 4.05. The minimum absolute atomic E-state index is 0.0424. The minimum Gasteiger partial charge on any atom is -0.457 e. The van der Waals surface area contributed by atoms with E-state index in [1.54, 1.807) is 6.92 Å². The summed E-state index contributed by atoms with van der Waals surface area (Å²) in [7, 11) is 0. The van der Waals surface area contributed by atoms with Crippen LogP contribution in [0.15, 0.2) is 34.1 Å². The lowest BCUT2D eigenvalue weighted by Gasteiger charge is -2.06. The average molecular weight is 418 g/mol. The standard InChI is InChI=1S/C16H11Cl2F2N3O4/c1-2-7-3-8-12(21-4-11(14(8)26-7)27-16(19)20)15(24)22-13-9(17)5-23(25)6-10(13)18/h3-6,16,25H,2H2,1H3. The number of carbonyl (C=O) groups is 1. The predicted octanol–water partition coefficient (Wildman–Crippen LogP) is 4.08. The molecule has 1 amide bonds. The van der Waals surface area contributed by atoms with Crippen LogP contribution in [0, 0.1) is 0 Å². The number of fused-ring (bicyclic) bond motifs is 1. The summed E-state index contributed by atoms with van der Waals surface area (Å²) >= 11 is 11.9. The Morgan fingerprint density at radius 3 is 2.67 bits per heavy atom. The molecule has 0 saturated carbocycles. The highest BCUT2D eigenvalue weighted by atomic mass is 35.5. The van der Waals surface area contributed by atoms with E-state index in [9.17, 15) is 18.8 Å². The molecule has 0 aliphatic rings. The number of pyridine rings is 2. The first-order chi connectivity index (χ1) is 12.8. The summed E-state index contributed by atoms with van der Waals surface area (Å²) in [5.41, 5.74) is -0.193. The summed E-state index contributed by atoms with van der Waals surface area (Å²) in [6, 6.07) is 1.50. The zero-order chi connectivity index (χ0) is 19.7. The molecule has 0 aromatic carbocycles. The number of ether oxygens (including phenoxy) is 1. The maximum Gasteiger partial charge on any atom is 0.387 e. The van der Waals surface area contributed by atoms with E-state index in [1.165, 1.54) is 6.07 Å². The van der Waals surface area contributed by atoms with Crippen molar-refractivity contribution in [3.8, 4) is 5.75 Å². The van der Waals surface area contributed by atoms with Crippen molar-refractivity contribution in [2.45, 2.75) is 20.0 Å². The van der Waals surface area contributed by atoms with Crippen molar-refractivity contribution in [1.82, 2.24) is 9.71 Å². The van der Waals surface area contributed by atoms with Gasteiger partial charge in [0.1, 0.15) is 16.8 Å². The Labute approximate surface area is 160 Å². The van der Waals surface area contributed by atoms with Crippen molar-refractivity contribution in [3.63, 3.8) is 0 Å². The van der Waals surface area contributed by atoms with E-state index in [0.717, 1.165) is 18.6 Å². The van der Waals surface area contributed by atoms with Gasteiger partial charge in [0.05, 0.1) is 34.0 Å². The summed E-state index contributed by atoms with van der Waals surface area (Å²) in [6.45, 7) is -1.29. The number of hydrogen-bond acceptors (Lipinski definition) is 5. The molecular weight excluding hydrogens is 407 g/mol. The summed E-state index contributed by atoms with van der Waals surface area (Å²) in [5.74, 6) is -0.678. The molecule has 3 heterocycles. The van der Waals surface area contributed by atoms with Crippen LogP contribution in [0.1, 0.15) is 23.2 Å². The molecule has 0 unspecified atom stereocenters. The van der Waals surface area contributed by atoms with Gasteiger partial charge in [-0.05, 0) is 6.07 Å². The van der Waals surface area contributed by atoms with Gasteiger partial charge in [0.2, 0.25) is 0 Å². The Morgan fingerprint density at radius 2 is 2.07 bits per heavy atom. The van der Waals surface area contributed by atoms with Crippen LogP contribution in [0.2, 0.25) is 10.0 Å². The summed E-state index contributed by atoms with van der Waals surface area (Å²) in [5, 5.41) is 9.31. The molecule has 142 valence electrons. The second kappa shape index (κ2) is 7.53. The Hall–Kier alpha value is -2.65. The lowest BCUT2D eigenvalue weighted by Crippen LogP contribution is -2.13. The van der Waals surface area contributed by atoms with Gasteiger partial charge in [0.25, 0.3) is 5.91 Å². The molecule has 1 N–H and O–H groups in total. The molecule has 0 aliphatic heterocycles. The van der Waals surface area contributed by atoms with Crippen LogP contribution in [-0.4, -0.2) is 27.4 Å². The number of alkyl halides is 2. The monoisotopic (exact) mass is 417 g/mol. The number of carbonyl (C=O) groups excluding carboxylic acids is 1. The van der Waals surface area contributed by atoms with Crippen molar-refractivity contribution in [3.05, 3.63) is 51.5 Å². The Kier molecular flexibility index (Phi) is 5.33. The number of aryl methyl sites for hydroxylation is 1. The van der Waals surface area contributed by atoms with E-state index in [0.29, 0.717) is 16.9 Å². The number of amides is 1.